The van der Waals surface area contributed by atoms with Gasteiger partial charge in [0.05, 0.1) is 12.2 Å². The fourth-order valence-corrected chi connectivity index (χ4v) is 2.05. The molecule has 0 radical (unpaired) electrons. The molecule has 0 saturated heterocycles. The summed E-state index contributed by atoms with van der Waals surface area (Å²) in [6.45, 7) is 4.17. The summed E-state index contributed by atoms with van der Waals surface area (Å²) in [6, 6.07) is 11.5. The molecule has 106 valence electrons. The van der Waals surface area contributed by atoms with E-state index in [0.717, 1.165) is 5.56 Å². The number of rotatable bonds is 5. The largest absolute Gasteiger partial charge is 0.461 e. The Morgan fingerprint density at radius 1 is 1.35 bits per heavy atom. The molecule has 2 aromatic rings. The summed E-state index contributed by atoms with van der Waals surface area (Å²) < 4.78 is 10.7. The summed E-state index contributed by atoms with van der Waals surface area (Å²) in [5.41, 5.74) is 1.52. The van der Waals surface area contributed by atoms with Crippen molar-refractivity contribution >= 4 is 5.91 Å². The van der Waals surface area contributed by atoms with Gasteiger partial charge in [-0.05, 0) is 19.9 Å². The van der Waals surface area contributed by atoms with Crippen LogP contribution in [0.3, 0.4) is 0 Å². The highest BCUT2D eigenvalue weighted by Crippen LogP contribution is 2.25. The molecule has 2 rings (SSSR count). The number of carbonyl (C=O) groups is 1. The number of amides is 1. The molecule has 0 bridgehead atoms. The maximum absolute atomic E-state index is 12.2. The maximum atomic E-state index is 12.2. The van der Waals surface area contributed by atoms with Crippen molar-refractivity contribution in [1.29, 1.82) is 0 Å². The van der Waals surface area contributed by atoms with E-state index in [4.69, 9.17) is 9.15 Å². The molecule has 1 aromatic heterocycles. The lowest BCUT2D eigenvalue weighted by atomic mass is 10.1. The van der Waals surface area contributed by atoms with Crippen LogP contribution in [-0.4, -0.2) is 25.7 Å². The van der Waals surface area contributed by atoms with E-state index < -0.39 is 0 Å². The van der Waals surface area contributed by atoms with Crippen LogP contribution in [0.5, 0.6) is 0 Å². The Balaban J connectivity index is 2.17. The Morgan fingerprint density at radius 3 is 2.70 bits per heavy atom. The van der Waals surface area contributed by atoms with Gasteiger partial charge in [0.25, 0.3) is 5.91 Å². The quantitative estimate of drug-likeness (QED) is 0.911. The molecule has 0 aliphatic heterocycles. The Kier molecular flexibility index (Phi) is 4.58. The van der Waals surface area contributed by atoms with Gasteiger partial charge >= 0.3 is 0 Å². The number of methoxy groups -OCH3 is 1. The number of carbonyl (C=O) groups excluding carboxylic acids is 1. The molecule has 0 aliphatic rings. The SMILES string of the molecule is COCC(C)NC(=O)c1cc(-c2ccccc2)oc1C. The summed E-state index contributed by atoms with van der Waals surface area (Å²) in [6.07, 6.45) is 0. The van der Waals surface area contributed by atoms with Crippen LogP contribution < -0.4 is 5.32 Å². The predicted octanol–water partition coefficient (Wildman–Crippen LogP) is 3.02. The lowest BCUT2D eigenvalue weighted by Gasteiger charge is -2.11. The van der Waals surface area contributed by atoms with Crippen LogP contribution in [0.15, 0.2) is 40.8 Å². The molecule has 0 saturated carbocycles. The van der Waals surface area contributed by atoms with Gasteiger partial charge in [0.1, 0.15) is 11.5 Å². The van der Waals surface area contributed by atoms with Crippen molar-refractivity contribution < 1.29 is 13.9 Å². The smallest absolute Gasteiger partial charge is 0.255 e. The zero-order valence-electron chi connectivity index (χ0n) is 12.0. The van der Waals surface area contributed by atoms with Gasteiger partial charge < -0.3 is 14.5 Å². The highest BCUT2D eigenvalue weighted by molar-refractivity contribution is 5.96. The van der Waals surface area contributed by atoms with Crippen molar-refractivity contribution in [3.63, 3.8) is 0 Å². The fourth-order valence-electron chi connectivity index (χ4n) is 2.05. The monoisotopic (exact) mass is 273 g/mol. The topological polar surface area (TPSA) is 51.5 Å². The van der Waals surface area contributed by atoms with Gasteiger partial charge in [-0.15, -0.1) is 0 Å². The molecule has 1 unspecified atom stereocenters. The second-order valence-electron chi connectivity index (χ2n) is 4.78. The Bertz CT molecular complexity index is 575. The van der Waals surface area contributed by atoms with Crippen LogP contribution in [0.2, 0.25) is 0 Å². The second-order valence-corrected chi connectivity index (χ2v) is 4.78. The van der Waals surface area contributed by atoms with Crippen LogP contribution >= 0.6 is 0 Å². The van der Waals surface area contributed by atoms with Crippen LogP contribution in [-0.2, 0) is 4.74 Å². The number of hydrogen-bond donors (Lipinski definition) is 1. The molecule has 0 fully saturated rings. The summed E-state index contributed by atoms with van der Waals surface area (Å²) in [7, 11) is 1.61. The minimum Gasteiger partial charge on any atom is -0.461 e. The van der Waals surface area contributed by atoms with Crippen molar-refractivity contribution in [3.05, 3.63) is 47.7 Å². The molecule has 1 heterocycles. The number of benzene rings is 1. The first-order valence-corrected chi connectivity index (χ1v) is 6.57. The first-order chi connectivity index (χ1) is 9.61. The number of nitrogens with one attached hydrogen (secondary N) is 1. The zero-order chi connectivity index (χ0) is 14.5. The molecular formula is C16H19NO3. The molecule has 0 aliphatic carbocycles. The van der Waals surface area contributed by atoms with Gasteiger partial charge in [-0.25, -0.2) is 0 Å². The van der Waals surface area contributed by atoms with Crippen LogP contribution in [0.4, 0.5) is 0 Å². The third-order valence-electron chi connectivity index (χ3n) is 3.01. The van der Waals surface area contributed by atoms with Crippen LogP contribution in [0.25, 0.3) is 11.3 Å². The molecule has 4 heteroatoms. The predicted molar refractivity (Wildman–Crippen MR) is 77.7 cm³/mol. The Morgan fingerprint density at radius 2 is 2.05 bits per heavy atom. The zero-order valence-corrected chi connectivity index (χ0v) is 12.0. The van der Waals surface area contributed by atoms with Gasteiger partial charge in [0.15, 0.2) is 0 Å². The van der Waals surface area contributed by atoms with Gasteiger partial charge in [-0.1, -0.05) is 30.3 Å². The van der Waals surface area contributed by atoms with Gasteiger partial charge in [-0.2, -0.15) is 0 Å². The van der Waals surface area contributed by atoms with Crippen molar-refractivity contribution in [3.8, 4) is 11.3 Å². The van der Waals surface area contributed by atoms with Crippen molar-refractivity contribution in [1.82, 2.24) is 5.32 Å². The summed E-state index contributed by atoms with van der Waals surface area (Å²) in [4.78, 5) is 12.2. The standard InChI is InChI=1S/C16H19NO3/c1-11(10-19-3)17-16(18)14-9-15(20-12(14)2)13-7-5-4-6-8-13/h4-9,11H,10H2,1-3H3,(H,17,18). The summed E-state index contributed by atoms with van der Waals surface area (Å²) >= 11 is 0. The second kappa shape index (κ2) is 6.39. The number of aryl methyl sites for hydroxylation is 1. The number of ether oxygens (including phenoxy) is 1. The Hall–Kier alpha value is -2.07. The van der Waals surface area contributed by atoms with Gasteiger partial charge in [0, 0.05) is 18.7 Å². The van der Waals surface area contributed by atoms with E-state index in [1.165, 1.54) is 0 Å². The third-order valence-corrected chi connectivity index (χ3v) is 3.01. The molecule has 1 atom stereocenters. The summed E-state index contributed by atoms with van der Waals surface area (Å²) in [5, 5.41) is 2.88. The van der Waals surface area contributed by atoms with E-state index in [1.807, 2.05) is 37.3 Å². The van der Waals surface area contributed by atoms with E-state index in [9.17, 15) is 4.79 Å². The first kappa shape index (κ1) is 14.3. The lowest BCUT2D eigenvalue weighted by molar-refractivity contribution is 0.0904. The Labute approximate surface area is 118 Å². The number of furan rings is 1. The van der Waals surface area contributed by atoms with Crippen molar-refractivity contribution in [2.24, 2.45) is 0 Å². The van der Waals surface area contributed by atoms with Crippen LogP contribution in [0.1, 0.15) is 23.0 Å². The van der Waals surface area contributed by atoms with E-state index in [1.54, 1.807) is 20.1 Å². The number of hydrogen-bond acceptors (Lipinski definition) is 3. The summed E-state index contributed by atoms with van der Waals surface area (Å²) in [5.74, 6) is 1.18. The van der Waals surface area contributed by atoms with Crippen LogP contribution in [0, 0.1) is 6.92 Å². The fraction of sp³-hybridized carbons (Fsp3) is 0.312. The lowest BCUT2D eigenvalue weighted by Crippen LogP contribution is -2.35. The molecule has 1 aromatic carbocycles. The average molecular weight is 273 g/mol. The molecule has 1 amide bonds. The van der Waals surface area contributed by atoms with E-state index in [2.05, 4.69) is 5.32 Å². The molecule has 4 nitrogen and oxygen atoms in total. The molecular weight excluding hydrogens is 254 g/mol. The van der Waals surface area contributed by atoms with Gasteiger partial charge in [0.2, 0.25) is 0 Å². The highest BCUT2D eigenvalue weighted by Gasteiger charge is 2.17. The van der Waals surface area contributed by atoms with E-state index in [-0.39, 0.29) is 11.9 Å². The van der Waals surface area contributed by atoms with Gasteiger partial charge in [-0.3, -0.25) is 4.79 Å². The molecule has 1 N–H and O–H groups in total. The highest BCUT2D eigenvalue weighted by atomic mass is 16.5. The minimum absolute atomic E-state index is 0.0398. The molecule has 0 spiro atoms. The molecule has 20 heavy (non-hydrogen) atoms. The maximum Gasteiger partial charge on any atom is 0.255 e. The average Bonchev–Trinajstić information content (AvgIpc) is 2.82. The van der Waals surface area contributed by atoms with Crippen molar-refractivity contribution in [2.75, 3.05) is 13.7 Å². The van der Waals surface area contributed by atoms with Crippen molar-refractivity contribution in [2.45, 2.75) is 19.9 Å². The minimum atomic E-state index is -0.141. The third kappa shape index (κ3) is 3.27. The normalized spacial score (nSPS) is 12.2. The first-order valence-electron chi connectivity index (χ1n) is 6.57. The van der Waals surface area contributed by atoms with E-state index >= 15 is 0 Å². The van der Waals surface area contributed by atoms with E-state index in [0.29, 0.717) is 23.7 Å².